The Morgan fingerprint density at radius 2 is 1.76 bits per heavy atom. The van der Waals surface area contributed by atoms with Crippen LogP contribution in [0.3, 0.4) is 0 Å². The Kier molecular flexibility index (Phi) is 3.78. The summed E-state index contributed by atoms with van der Waals surface area (Å²) in [5.74, 6) is 0.859. The second kappa shape index (κ2) is 5.31. The van der Waals surface area contributed by atoms with Crippen molar-refractivity contribution in [2.45, 2.75) is 0 Å². The summed E-state index contributed by atoms with van der Waals surface area (Å²) in [7, 11) is 1.66. The lowest BCUT2D eigenvalue weighted by atomic mass is 10.2. The molecule has 0 saturated carbocycles. The summed E-state index contributed by atoms with van der Waals surface area (Å²) in [4.78, 5) is 15.1. The minimum Gasteiger partial charge on any atom is -0.497 e. The highest BCUT2D eigenvalue weighted by Crippen LogP contribution is 2.20. The molecule has 0 bridgehead atoms. The molecule has 0 aromatic heterocycles. The zero-order valence-corrected chi connectivity index (χ0v) is 10.7. The van der Waals surface area contributed by atoms with Crippen molar-refractivity contribution in [1.82, 2.24) is 4.90 Å². The molecule has 0 radical (unpaired) electrons. The molecule has 1 fully saturated rings. The molecule has 1 aliphatic rings. The predicted octanol–water partition coefficient (Wildman–Crippen LogP) is 1.87. The fraction of sp³-hybridized carbons (Fsp3) is 0.417. The number of ether oxygens (including phenoxy) is 1. The molecule has 17 heavy (non-hydrogen) atoms. The largest absolute Gasteiger partial charge is 0.497 e. The third-order valence-electron chi connectivity index (χ3n) is 2.99. The summed E-state index contributed by atoms with van der Waals surface area (Å²) in [5, 5.41) is -0.139. The molecule has 2 rings (SSSR count). The Morgan fingerprint density at radius 3 is 2.24 bits per heavy atom. The summed E-state index contributed by atoms with van der Waals surface area (Å²) in [6.45, 7) is 3.15. The number of amides is 1. The number of thiol groups is 1. The van der Waals surface area contributed by atoms with E-state index in [9.17, 15) is 4.79 Å². The Bertz CT molecular complexity index is 386. The van der Waals surface area contributed by atoms with Crippen molar-refractivity contribution in [3.05, 3.63) is 24.3 Å². The molecule has 1 saturated heterocycles. The molecule has 0 atom stereocenters. The van der Waals surface area contributed by atoms with Crippen LogP contribution in [0.5, 0.6) is 5.75 Å². The molecular weight excluding hydrogens is 236 g/mol. The zero-order chi connectivity index (χ0) is 12.3. The van der Waals surface area contributed by atoms with E-state index in [0.717, 1.165) is 37.6 Å². The lowest BCUT2D eigenvalue weighted by Gasteiger charge is -2.35. The number of methoxy groups -OCH3 is 1. The zero-order valence-electron chi connectivity index (χ0n) is 9.80. The monoisotopic (exact) mass is 252 g/mol. The fourth-order valence-corrected chi connectivity index (χ4v) is 2.15. The highest BCUT2D eigenvalue weighted by atomic mass is 32.1. The van der Waals surface area contributed by atoms with Crippen molar-refractivity contribution in [1.29, 1.82) is 0 Å². The van der Waals surface area contributed by atoms with E-state index in [1.165, 1.54) is 0 Å². The van der Waals surface area contributed by atoms with E-state index in [2.05, 4.69) is 17.5 Å². The normalized spacial score (nSPS) is 15.9. The average Bonchev–Trinajstić information content (AvgIpc) is 2.39. The molecule has 0 aliphatic carbocycles. The number of hydrogen-bond donors (Lipinski definition) is 1. The van der Waals surface area contributed by atoms with E-state index in [1.807, 2.05) is 24.3 Å². The Morgan fingerprint density at radius 1 is 1.18 bits per heavy atom. The topological polar surface area (TPSA) is 32.8 Å². The molecule has 1 heterocycles. The van der Waals surface area contributed by atoms with E-state index in [4.69, 9.17) is 4.74 Å². The van der Waals surface area contributed by atoms with E-state index in [-0.39, 0.29) is 5.24 Å². The van der Waals surface area contributed by atoms with Crippen LogP contribution in [0.2, 0.25) is 0 Å². The van der Waals surface area contributed by atoms with Gasteiger partial charge in [0.15, 0.2) is 0 Å². The minimum absolute atomic E-state index is 0.139. The van der Waals surface area contributed by atoms with Crippen LogP contribution >= 0.6 is 12.6 Å². The van der Waals surface area contributed by atoms with Crippen LogP contribution in [-0.2, 0) is 0 Å². The maximum Gasteiger partial charge on any atom is 0.278 e. The van der Waals surface area contributed by atoms with Crippen LogP contribution in [0, 0.1) is 0 Å². The fourth-order valence-electron chi connectivity index (χ4n) is 1.95. The summed E-state index contributed by atoms with van der Waals surface area (Å²) < 4.78 is 5.12. The molecule has 92 valence electrons. The van der Waals surface area contributed by atoms with Gasteiger partial charge in [-0.3, -0.25) is 4.79 Å². The summed E-state index contributed by atoms with van der Waals surface area (Å²) in [5.41, 5.74) is 1.16. The van der Waals surface area contributed by atoms with Gasteiger partial charge in [-0.25, -0.2) is 0 Å². The van der Waals surface area contributed by atoms with E-state index in [0.29, 0.717) is 0 Å². The first kappa shape index (κ1) is 12.1. The number of carbonyl (C=O) groups excluding carboxylic acids is 1. The van der Waals surface area contributed by atoms with Gasteiger partial charge in [0.05, 0.1) is 7.11 Å². The van der Waals surface area contributed by atoms with Gasteiger partial charge in [-0.2, -0.15) is 0 Å². The van der Waals surface area contributed by atoms with Crippen molar-refractivity contribution in [3.8, 4) is 5.75 Å². The van der Waals surface area contributed by atoms with Crippen LogP contribution < -0.4 is 9.64 Å². The van der Waals surface area contributed by atoms with Crippen LogP contribution in [0.1, 0.15) is 0 Å². The Labute approximate surface area is 107 Å². The van der Waals surface area contributed by atoms with Gasteiger partial charge in [0.1, 0.15) is 5.75 Å². The van der Waals surface area contributed by atoms with Gasteiger partial charge < -0.3 is 14.5 Å². The first-order chi connectivity index (χ1) is 8.20. The maximum absolute atomic E-state index is 11.1. The van der Waals surface area contributed by atoms with Crippen molar-refractivity contribution < 1.29 is 9.53 Å². The van der Waals surface area contributed by atoms with Crippen molar-refractivity contribution >= 4 is 23.6 Å². The molecule has 0 N–H and O–H groups in total. The van der Waals surface area contributed by atoms with Gasteiger partial charge in [-0.05, 0) is 24.3 Å². The lowest BCUT2D eigenvalue weighted by molar-refractivity contribution is 0.220. The van der Waals surface area contributed by atoms with Gasteiger partial charge in [-0.15, -0.1) is 0 Å². The standard InChI is InChI=1S/C12H16N2O2S/c1-16-11-4-2-10(3-5-11)13-6-8-14(9-7-13)12(15)17/h2-5H,6-9H2,1H3,(H,15,17). The summed E-state index contributed by atoms with van der Waals surface area (Å²) >= 11 is 3.84. The minimum atomic E-state index is -0.139. The Hall–Kier alpha value is -1.36. The van der Waals surface area contributed by atoms with E-state index in [1.54, 1.807) is 12.0 Å². The molecule has 5 heteroatoms. The molecule has 0 spiro atoms. The number of carbonyl (C=O) groups is 1. The average molecular weight is 252 g/mol. The van der Waals surface area contributed by atoms with Crippen LogP contribution in [0.15, 0.2) is 24.3 Å². The number of hydrogen-bond acceptors (Lipinski definition) is 3. The molecular formula is C12H16N2O2S. The third-order valence-corrected chi connectivity index (χ3v) is 3.27. The molecule has 1 amide bonds. The van der Waals surface area contributed by atoms with E-state index >= 15 is 0 Å². The Balaban J connectivity index is 1.97. The van der Waals surface area contributed by atoms with Crippen LogP contribution in [-0.4, -0.2) is 43.4 Å². The van der Waals surface area contributed by atoms with Crippen molar-refractivity contribution in [3.63, 3.8) is 0 Å². The predicted molar refractivity (Wildman–Crippen MR) is 71.2 cm³/mol. The molecule has 1 aliphatic heterocycles. The quantitative estimate of drug-likeness (QED) is 0.816. The SMILES string of the molecule is COc1ccc(N2CCN(C(=O)S)CC2)cc1. The number of piperazine rings is 1. The lowest BCUT2D eigenvalue weighted by Crippen LogP contribution is -2.47. The van der Waals surface area contributed by atoms with Gasteiger partial charge in [-0.1, -0.05) is 12.6 Å². The highest BCUT2D eigenvalue weighted by molar-refractivity contribution is 7.96. The van der Waals surface area contributed by atoms with Gasteiger partial charge in [0.2, 0.25) is 0 Å². The van der Waals surface area contributed by atoms with Crippen LogP contribution in [0.25, 0.3) is 0 Å². The first-order valence-electron chi connectivity index (χ1n) is 5.57. The molecule has 4 nitrogen and oxygen atoms in total. The molecule has 1 aromatic carbocycles. The number of anilines is 1. The van der Waals surface area contributed by atoms with E-state index < -0.39 is 0 Å². The summed E-state index contributed by atoms with van der Waals surface area (Å²) in [6.07, 6.45) is 0. The highest BCUT2D eigenvalue weighted by Gasteiger charge is 2.18. The number of rotatable bonds is 2. The van der Waals surface area contributed by atoms with Gasteiger partial charge >= 0.3 is 0 Å². The van der Waals surface area contributed by atoms with Gasteiger partial charge in [0.25, 0.3) is 5.24 Å². The smallest absolute Gasteiger partial charge is 0.278 e. The first-order valence-corrected chi connectivity index (χ1v) is 6.02. The number of nitrogens with zero attached hydrogens (tertiary/aromatic N) is 2. The van der Waals surface area contributed by atoms with Crippen molar-refractivity contribution in [2.24, 2.45) is 0 Å². The summed E-state index contributed by atoms with van der Waals surface area (Å²) in [6, 6.07) is 7.98. The maximum atomic E-state index is 11.1. The molecule has 1 aromatic rings. The number of benzene rings is 1. The van der Waals surface area contributed by atoms with Gasteiger partial charge in [0, 0.05) is 31.9 Å². The molecule has 0 unspecified atom stereocenters. The second-order valence-electron chi connectivity index (χ2n) is 3.95. The van der Waals surface area contributed by atoms with Crippen LogP contribution in [0.4, 0.5) is 10.5 Å². The third kappa shape index (κ3) is 2.85. The van der Waals surface area contributed by atoms with Crippen molar-refractivity contribution in [2.75, 3.05) is 38.2 Å². The second-order valence-corrected chi connectivity index (χ2v) is 4.34.